The Morgan fingerprint density at radius 1 is 1.35 bits per heavy atom. The number of nitrogens with zero attached hydrogens (tertiary/aromatic N) is 1. The molecular formula is C14H17NO4S. The van der Waals surface area contributed by atoms with Crippen molar-refractivity contribution >= 4 is 16.0 Å². The molecule has 6 heteroatoms. The van der Waals surface area contributed by atoms with Crippen LogP contribution in [0, 0.1) is 0 Å². The molecule has 0 bridgehead atoms. The van der Waals surface area contributed by atoms with E-state index in [0.717, 1.165) is 18.1 Å². The molecule has 0 aromatic heterocycles. The first kappa shape index (κ1) is 14.7. The Kier molecular flexibility index (Phi) is 4.57. The van der Waals surface area contributed by atoms with Crippen molar-refractivity contribution in [2.24, 2.45) is 0 Å². The summed E-state index contributed by atoms with van der Waals surface area (Å²) in [4.78, 5) is 10.5. The van der Waals surface area contributed by atoms with E-state index in [1.165, 1.54) is 10.4 Å². The number of rotatable bonds is 5. The molecule has 1 aromatic rings. The minimum absolute atomic E-state index is 0.0503. The molecule has 0 saturated carbocycles. The number of benzene rings is 1. The van der Waals surface area contributed by atoms with Crippen LogP contribution in [0.4, 0.5) is 0 Å². The molecule has 1 aromatic carbocycles. The summed E-state index contributed by atoms with van der Waals surface area (Å²) in [6.45, 7) is 0.448. The molecule has 0 amide bonds. The lowest BCUT2D eigenvalue weighted by Crippen LogP contribution is -2.35. The fourth-order valence-corrected chi connectivity index (χ4v) is 4.14. The van der Waals surface area contributed by atoms with Crippen molar-refractivity contribution < 1.29 is 18.3 Å². The number of aliphatic carboxylic acids is 1. The lowest BCUT2D eigenvalue weighted by molar-refractivity contribution is -0.131. The highest BCUT2D eigenvalue weighted by atomic mass is 32.2. The quantitative estimate of drug-likeness (QED) is 0.838. The number of carbonyl (C=O) groups is 1. The zero-order valence-corrected chi connectivity index (χ0v) is 11.8. The van der Waals surface area contributed by atoms with Gasteiger partial charge in [0.05, 0.1) is 5.75 Å². The van der Waals surface area contributed by atoms with Gasteiger partial charge in [0, 0.05) is 18.7 Å². The summed E-state index contributed by atoms with van der Waals surface area (Å²) in [5, 5.41) is 8.64. The molecule has 0 spiro atoms. The standard InChI is InChI=1S/C14H17NO4S/c16-14(17)9-8-13-7-4-10-15(13)20(18,19)11-12-5-2-1-3-6-12/h1-3,5-6,8-9,13H,4,7,10-11H2,(H,16,17)/b9-8+. The smallest absolute Gasteiger partial charge is 0.328 e. The minimum atomic E-state index is -3.42. The highest BCUT2D eigenvalue weighted by Crippen LogP contribution is 2.24. The third-order valence-electron chi connectivity index (χ3n) is 3.26. The molecule has 1 N–H and O–H groups in total. The van der Waals surface area contributed by atoms with Crippen molar-refractivity contribution in [3.8, 4) is 0 Å². The summed E-state index contributed by atoms with van der Waals surface area (Å²) >= 11 is 0. The first-order valence-corrected chi connectivity index (χ1v) is 8.04. The molecule has 1 aliphatic heterocycles. The molecule has 1 atom stereocenters. The Morgan fingerprint density at radius 2 is 2.05 bits per heavy atom. The maximum atomic E-state index is 12.4. The SMILES string of the molecule is O=C(O)/C=C/C1CCCN1S(=O)(=O)Cc1ccccc1. The Hall–Kier alpha value is -1.66. The highest BCUT2D eigenvalue weighted by molar-refractivity contribution is 7.88. The number of carboxylic acids is 1. The molecule has 1 aliphatic rings. The van der Waals surface area contributed by atoms with E-state index in [4.69, 9.17) is 5.11 Å². The van der Waals surface area contributed by atoms with Crippen LogP contribution >= 0.6 is 0 Å². The lowest BCUT2D eigenvalue weighted by Gasteiger charge is -2.21. The molecule has 1 fully saturated rings. The minimum Gasteiger partial charge on any atom is -0.478 e. The largest absolute Gasteiger partial charge is 0.478 e. The van der Waals surface area contributed by atoms with Crippen LogP contribution in [0.3, 0.4) is 0 Å². The average Bonchev–Trinajstić information content (AvgIpc) is 2.86. The Bertz CT molecular complexity index is 595. The monoisotopic (exact) mass is 295 g/mol. The Morgan fingerprint density at radius 3 is 2.70 bits per heavy atom. The van der Waals surface area contributed by atoms with Crippen LogP contribution in [-0.2, 0) is 20.6 Å². The topological polar surface area (TPSA) is 74.7 Å². The van der Waals surface area contributed by atoms with Gasteiger partial charge >= 0.3 is 5.97 Å². The van der Waals surface area contributed by atoms with Crippen LogP contribution < -0.4 is 0 Å². The predicted molar refractivity (Wildman–Crippen MR) is 75.6 cm³/mol. The van der Waals surface area contributed by atoms with Gasteiger partial charge in [0.25, 0.3) is 0 Å². The van der Waals surface area contributed by atoms with Gasteiger partial charge in [0.1, 0.15) is 0 Å². The lowest BCUT2D eigenvalue weighted by atomic mass is 10.2. The van der Waals surface area contributed by atoms with Crippen molar-refractivity contribution in [1.82, 2.24) is 4.31 Å². The van der Waals surface area contributed by atoms with Gasteiger partial charge in [0.2, 0.25) is 10.0 Å². The molecule has 1 unspecified atom stereocenters. The average molecular weight is 295 g/mol. The summed E-state index contributed by atoms with van der Waals surface area (Å²) in [7, 11) is -3.42. The van der Waals surface area contributed by atoms with Crippen LogP contribution in [0.15, 0.2) is 42.5 Å². The van der Waals surface area contributed by atoms with Crippen LogP contribution in [0.2, 0.25) is 0 Å². The molecule has 1 heterocycles. The van der Waals surface area contributed by atoms with E-state index >= 15 is 0 Å². The number of carboxylic acid groups (broad SMARTS) is 1. The van der Waals surface area contributed by atoms with E-state index in [2.05, 4.69) is 0 Å². The number of hydrogen-bond acceptors (Lipinski definition) is 3. The zero-order chi connectivity index (χ0) is 14.6. The second kappa shape index (κ2) is 6.19. The first-order chi connectivity index (χ1) is 9.49. The molecule has 108 valence electrons. The third-order valence-corrected chi connectivity index (χ3v) is 5.12. The Balaban J connectivity index is 2.14. The van der Waals surface area contributed by atoms with Gasteiger partial charge in [-0.2, -0.15) is 4.31 Å². The van der Waals surface area contributed by atoms with Crippen molar-refractivity contribution in [2.75, 3.05) is 6.54 Å². The Labute approximate surface area is 118 Å². The third kappa shape index (κ3) is 3.68. The van der Waals surface area contributed by atoms with Gasteiger partial charge in [-0.05, 0) is 18.4 Å². The molecule has 20 heavy (non-hydrogen) atoms. The van der Waals surface area contributed by atoms with Crippen LogP contribution in [0.1, 0.15) is 18.4 Å². The number of sulfonamides is 1. The zero-order valence-electron chi connectivity index (χ0n) is 11.0. The van der Waals surface area contributed by atoms with Crippen molar-refractivity contribution in [3.05, 3.63) is 48.0 Å². The first-order valence-electron chi connectivity index (χ1n) is 6.43. The summed E-state index contributed by atoms with van der Waals surface area (Å²) in [6, 6.07) is 8.64. The maximum absolute atomic E-state index is 12.4. The maximum Gasteiger partial charge on any atom is 0.328 e. The van der Waals surface area contributed by atoms with E-state index in [9.17, 15) is 13.2 Å². The second-order valence-corrected chi connectivity index (χ2v) is 6.68. The normalized spacial score (nSPS) is 20.5. The summed E-state index contributed by atoms with van der Waals surface area (Å²) in [5.74, 6) is -1.11. The fraction of sp³-hybridized carbons (Fsp3) is 0.357. The van der Waals surface area contributed by atoms with Gasteiger partial charge in [-0.25, -0.2) is 13.2 Å². The van der Waals surface area contributed by atoms with E-state index < -0.39 is 16.0 Å². The highest BCUT2D eigenvalue weighted by Gasteiger charge is 2.32. The second-order valence-electron chi connectivity index (χ2n) is 4.76. The molecular weight excluding hydrogens is 278 g/mol. The van der Waals surface area contributed by atoms with E-state index in [1.807, 2.05) is 6.07 Å². The molecule has 1 saturated heterocycles. The van der Waals surface area contributed by atoms with E-state index in [1.54, 1.807) is 24.3 Å². The fourth-order valence-electron chi connectivity index (χ4n) is 2.36. The van der Waals surface area contributed by atoms with Gasteiger partial charge in [0.15, 0.2) is 0 Å². The van der Waals surface area contributed by atoms with Gasteiger partial charge in [-0.1, -0.05) is 36.4 Å². The van der Waals surface area contributed by atoms with E-state index in [0.29, 0.717) is 13.0 Å². The summed E-state index contributed by atoms with van der Waals surface area (Å²) < 4.78 is 26.2. The molecule has 5 nitrogen and oxygen atoms in total. The van der Waals surface area contributed by atoms with Gasteiger partial charge in [-0.15, -0.1) is 0 Å². The number of hydrogen-bond donors (Lipinski definition) is 1. The summed E-state index contributed by atoms with van der Waals surface area (Å²) in [6.07, 6.45) is 3.89. The molecule has 0 radical (unpaired) electrons. The van der Waals surface area contributed by atoms with Crippen LogP contribution in [0.5, 0.6) is 0 Å². The van der Waals surface area contributed by atoms with Crippen molar-refractivity contribution in [3.63, 3.8) is 0 Å². The predicted octanol–water partition coefficient (Wildman–Crippen LogP) is 1.62. The van der Waals surface area contributed by atoms with Crippen LogP contribution in [0.25, 0.3) is 0 Å². The van der Waals surface area contributed by atoms with Gasteiger partial charge in [-0.3, -0.25) is 0 Å². The summed E-state index contributed by atoms with van der Waals surface area (Å²) in [5.41, 5.74) is 0.736. The van der Waals surface area contributed by atoms with Crippen LogP contribution in [-0.4, -0.2) is 36.4 Å². The molecule has 0 aliphatic carbocycles. The van der Waals surface area contributed by atoms with Gasteiger partial charge < -0.3 is 5.11 Å². The molecule has 2 rings (SSSR count). The van der Waals surface area contributed by atoms with E-state index in [-0.39, 0.29) is 11.8 Å². The van der Waals surface area contributed by atoms with Crippen molar-refractivity contribution in [2.45, 2.75) is 24.6 Å². The van der Waals surface area contributed by atoms with Crippen molar-refractivity contribution in [1.29, 1.82) is 0 Å².